The summed E-state index contributed by atoms with van der Waals surface area (Å²) in [4.78, 5) is 31.8. The van der Waals surface area contributed by atoms with Crippen LogP contribution < -0.4 is 15.4 Å². The van der Waals surface area contributed by atoms with Gasteiger partial charge in [-0.05, 0) is 95.4 Å². The molecule has 9 nitrogen and oxygen atoms in total. The highest BCUT2D eigenvalue weighted by Crippen LogP contribution is 2.26. The zero-order chi connectivity index (χ0) is 30.4. The zero-order valence-electron chi connectivity index (χ0n) is 23.1. The summed E-state index contributed by atoms with van der Waals surface area (Å²) in [5.74, 6) is -1.75. The van der Waals surface area contributed by atoms with Gasteiger partial charge in [0.15, 0.2) is 5.03 Å². The van der Waals surface area contributed by atoms with Gasteiger partial charge in [-0.2, -0.15) is 13.2 Å². The van der Waals surface area contributed by atoms with Crippen LogP contribution in [0, 0.1) is 11.7 Å². The fourth-order valence-corrected chi connectivity index (χ4v) is 5.79. The number of piperidine rings is 1. The number of sulfonamides is 1. The topological polar surface area (TPSA) is 121 Å². The molecule has 14 heteroatoms. The van der Waals surface area contributed by atoms with Crippen LogP contribution in [0.4, 0.5) is 23.2 Å². The highest BCUT2D eigenvalue weighted by Gasteiger charge is 2.31. The molecule has 2 amide bonds. The summed E-state index contributed by atoms with van der Waals surface area (Å²) in [6.45, 7) is 5.84. The van der Waals surface area contributed by atoms with E-state index in [1.807, 2.05) is 0 Å². The van der Waals surface area contributed by atoms with Crippen molar-refractivity contribution < 1.29 is 35.6 Å². The highest BCUT2D eigenvalue weighted by molar-refractivity contribution is 7.89. The summed E-state index contributed by atoms with van der Waals surface area (Å²) in [5, 5.41) is 5.09. The van der Waals surface area contributed by atoms with Gasteiger partial charge in [0.05, 0.1) is 18.3 Å². The largest absolute Gasteiger partial charge is 0.390 e. The fraction of sp³-hybridized carbons (Fsp3) is 0.519. The molecule has 2 aromatic rings. The molecule has 1 aromatic heterocycles. The first-order valence-electron chi connectivity index (χ1n) is 13.2. The van der Waals surface area contributed by atoms with Crippen LogP contribution in [0.15, 0.2) is 47.6 Å². The van der Waals surface area contributed by atoms with Crippen molar-refractivity contribution in [3.8, 4) is 0 Å². The van der Waals surface area contributed by atoms with Gasteiger partial charge in [-0.15, -0.1) is 0 Å². The minimum atomic E-state index is -4.23. The Hall–Kier alpha value is -3.10. The van der Waals surface area contributed by atoms with E-state index in [0.717, 1.165) is 12.1 Å². The van der Waals surface area contributed by atoms with Crippen LogP contribution in [-0.2, 0) is 14.8 Å². The molecule has 1 aromatic carbocycles. The van der Waals surface area contributed by atoms with Gasteiger partial charge in [0, 0.05) is 17.6 Å². The molecule has 1 aliphatic rings. The molecule has 0 saturated carbocycles. The number of benzene rings is 1. The first kappa shape index (κ1) is 32.4. The van der Waals surface area contributed by atoms with Gasteiger partial charge in [0.1, 0.15) is 11.9 Å². The lowest BCUT2D eigenvalue weighted by molar-refractivity contribution is -0.138. The number of carbonyl (C=O) groups excluding carboxylic acids is 2. The molecule has 0 spiro atoms. The van der Waals surface area contributed by atoms with Gasteiger partial charge in [0.2, 0.25) is 5.91 Å². The van der Waals surface area contributed by atoms with Crippen LogP contribution in [-0.4, -0.2) is 67.5 Å². The summed E-state index contributed by atoms with van der Waals surface area (Å²) in [7, 11) is -3.89. The number of aromatic nitrogens is 1. The molecule has 3 rings (SSSR count). The number of hydrogen-bond donors (Lipinski definition) is 3. The molecule has 0 unspecified atom stereocenters. The Bertz CT molecular complexity index is 1290. The van der Waals surface area contributed by atoms with Crippen molar-refractivity contribution in [1.29, 1.82) is 0 Å². The van der Waals surface area contributed by atoms with Crippen molar-refractivity contribution in [1.82, 2.24) is 19.9 Å². The van der Waals surface area contributed by atoms with Gasteiger partial charge < -0.3 is 15.5 Å². The first-order chi connectivity index (χ1) is 19.0. The monoisotopic (exact) mass is 601 g/mol. The van der Waals surface area contributed by atoms with Crippen LogP contribution in [0.1, 0.15) is 56.8 Å². The third kappa shape index (κ3) is 10.7. The van der Waals surface area contributed by atoms with Crippen molar-refractivity contribution in [3.63, 3.8) is 0 Å². The molecule has 0 bridgehead atoms. The Morgan fingerprint density at radius 2 is 1.68 bits per heavy atom. The maximum atomic E-state index is 13.3. The number of pyridine rings is 1. The van der Waals surface area contributed by atoms with E-state index < -0.39 is 51.8 Å². The van der Waals surface area contributed by atoms with E-state index in [2.05, 4.69) is 20.3 Å². The Balaban J connectivity index is 1.69. The Morgan fingerprint density at radius 1 is 1.05 bits per heavy atom. The highest BCUT2D eigenvalue weighted by atomic mass is 32.2. The van der Waals surface area contributed by atoms with Gasteiger partial charge in [-0.3, -0.25) is 9.59 Å². The number of rotatable bonds is 10. The van der Waals surface area contributed by atoms with Crippen molar-refractivity contribution in [2.45, 2.75) is 69.2 Å². The number of amides is 2. The van der Waals surface area contributed by atoms with E-state index in [1.165, 1.54) is 30.5 Å². The van der Waals surface area contributed by atoms with Crippen molar-refractivity contribution in [3.05, 3.63) is 54.0 Å². The van der Waals surface area contributed by atoms with Crippen molar-refractivity contribution >= 4 is 27.5 Å². The molecular weight excluding hydrogens is 566 g/mol. The summed E-state index contributed by atoms with van der Waals surface area (Å²) in [5.41, 5.74) is -0.376. The van der Waals surface area contributed by atoms with Crippen LogP contribution in [0.3, 0.4) is 0 Å². The number of nitrogens with zero attached hydrogens (tertiary/aromatic N) is 2. The van der Waals surface area contributed by atoms with Gasteiger partial charge >= 0.3 is 6.18 Å². The van der Waals surface area contributed by atoms with E-state index in [-0.39, 0.29) is 35.2 Å². The normalized spacial score (nSPS) is 16.3. The standard InChI is InChI=1S/C27H35F4N5O4S/c1-26(2,3)35-41(39,40)23-9-8-21(17-32-23)33-25(38)22(34-24(37)19-4-6-20(28)7-5-19)16-18-10-13-36(14-11-18)15-12-27(29,30)31/h4-9,17-18,22,35H,10-16H2,1-3H3,(H,33,38)(H,34,37)/t22-/m0/s1. The predicted octanol–water partition coefficient (Wildman–Crippen LogP) is 4.09. The fourth-order valence-electron chi connectivity index (χ4n) is 4.44. The number of likely N-dealkylation sites (tertiary alicyclic amines) is 1. The molecule has 3 N–H and O–H groups in total. The average molecular weight is 602 g/mol. The number of carbonyl (C=O) groups is 2. The number of hydrogen-bond acceptors (Lipinski definition) is 6. The van der Waals surface area contributed by atoms with Gasteiger partial charge in [-0.25, -0.2) is 22.5 Å². The van der Waals surface area contributed by atoms with Gasteiger partial charge in [-0.1, -0.05) is 0 Å². The Kier molecular flexibility index (Phi) is 10.5. The second-order valence-electron chi connectivity index (χ2n) is 11.1. The lowest BCUT2D eigenvalue weighted by atomic mass is 9.89. The summed E-state index contributed by atoms with van der Waals surface area (Å²) in [6, 6.07) is 6.41. The second-order valence-corrected chi connectivity index (χ2v) is 12.8. The summed E-state index contributed by atoms with van der Waals surface area (Å²) < 4.78 is 78.6. The molecule has 41 heavy (non-hydrogen) atoms. The molecule has 0 radical (unpaired) electrons. The van der Waals surface area contributed by atoms with Gasteiger partial charge in [0.25, 0.3) is 15.9 Å². The van der Waals surface area contributed by atoms with E-state index in [0.29, 0.717) is 25.9 Å². The zero-order valence-corrected chi connectivity index (χ0v) is 23.9. The summed E-state index contributed by atoms with van der Waals surface area (Å²) >= 11 is 0. The third-order valence-electron chi connectivity index (χ3n) is 6.44. The lowest BCUT2D eigenvalue weighted by Gasteiger charge is -2.33. The lowest BCUT2D eigenvalue weighted by Crippen LogP contribution is -2.46. The predicted molar refractivity (Wildman–Crippen MR) is 145 cm³/mol. The minimum absolute atomic E-state index is 0.0458. The van der Waals surface area contributed by atoms with Crippen molar-refractivity contribution in [2.24, 2.45) is 5.92 Å². The average Bonchev–Trinajstić information content (AvgIpc) is 2.86. The van der Waals surface area contributed by atoms with Crippen LogP contribution in [0.2, 0.25) is 0 Å². The molecule has 1 fully saturated rings. The molecular formula is C27H35F4N5O4S. The smallest absolute Gasteiger partial charge is 0.340 e. The Labute approximate surface area is 237 Å². The number of nitrogens with one attached hydrogen (secondary N) is 3. The third-order valence-corrected chi connectivity index (χ3v) is 8.11. The molecule has 1 aliphatic heterocycles. The maximum absolute atomic E-state index is 13.3. The molecule has 226 valence electrons. The number of halogens is 4. The number of alkyl halides is 3. The van der Waals surface area contributed by atoms with E-state index in [1.54, 1.807) is 25.7 Å². The minimum Gasteiger partial charge on any atom is -0.340 e. The Morgan fingerprint density at radius 3 is 2.22 bits per heavy atom. The van der Waals surface area contributed by atoms with Crippen LogP contribution in [0.25, 0.3) is 0 Å². The van der Waals surface area contributed by atoms with Crippen LogP contribution >= 0.6 is 0 Å². The summed E-state index contributed by atoms with van der Waals surface area (Å²) in [6.07, 6.45) is -2.62. The molecule has 2 heterocycles. The SMILES string of the molecule is CC(C)(C)NS(=O)(=O)c1ccc(NC(=O)[C@H](CC2CCN(CCC(F)(F)F)CC2)NC(=O)c2ccc(F)cc2)cn1. The number of anilines is 1. The first-order valence-corrected chi connectivity index (χ1v) is 14.7. The molecule has 1 atom stereocenters. The molecule has 0 aliphatic carbocycles. The van der Waals surface area contributed by atoms with E-state index in [4.69, 9.17) is 0 Å². The van der Waals surface area contributed by atoms with E-state index >= 15 is 0 Å². The van der Waals surface area contributed by atoms with Crippen LogP contribution in [0.5, 0.6) is 0 Å². The second kappa shape index (κ2) is 13.3. The van der Waals surface area contributed by atoms with E-state index in [9.17, 15) is 35.6 Å². The van der Waals surface area contributed by atoms with Crippen molar-refractivity contribution in [2.75, 3.05) is 25.0 Å². The molecule has 1 saturated heterocycles. The quantitative estimate of drug-likeness (QED) is 0.353. The maximum Gasteiger partial charge on any atom is 0.390 e.